The number of carbonyl (C=O) groups excluding carboxylic acids is 4. The number of nitrogens with one attached hydrogen (secondary N) is 2. The second-order valence-electron chi connectivity index (χ2n) is 9.71. The predicted octanol–water partition coefficient (Wildman–Crippen LogP) is -1.95. The average Bonchev–Trinajstić information content (AvgIpc) is 3.71. The van der Waals surface area contributed by atoms with Crippen LogP contribution in [-0.4, -0.2) is 121 Å². The van der Waals surface area contributed by atoms with E-state index >= 15 is 0 Å². The Morgan fingerprint density at radius 3 is 1.19 bits per heavy atom. The van der Waals surface area contributed by atoms with Gasteiger partial charge in [-0.1, -0.05) is 12.1 Å². The molecule has 20 nitrogen and oxygen atoms in total. The van der Waals surface area contributed by atoms with Crippen LogP contribution in [0, 0.1) is 0 Å². The number of thiophene rings is 2. The minimum Gasteiger partial charge on any atom is -0.352 e. The maximum absolute atomic E-state index is 13.9. The van der Waals surface area contributed by atoms with Crippen LogP contribution in [0.1, 0.15) is 9.75 Å². The van der Waals surface area contributed by atoms with Crippen LogP contribution in [0.2, 0.25) is 0 Å². The first-order valence-corrected chi connectivity index (χ1v) is 20.4. The summed E-state index contributed by atoms with van der Waals surface area (Å²) in [4.78, 5) is 55.7. The highest BCUT2D eigenvalue weighted by Gasteiger charge is 2.50. The van der Waals surface area contributed by atoms with Gasteiger partial charge in [0.15, 0.2) is 0 Å². The van der Waals surface area contributed by atoms with Crippen molar-refractivity contribution in [2.24, 2.45) is 0 Å². The van der Waals surface area contributed by atoms with Crippen molar-refractivity contribution in [3.63, 3.8) is 0 Å². The smallest absolute Gasteiger partial charge is 0.286 e. The maximum atomic E-state index is 13.9. The van der Waals surface area contributed by atoms with Gasteiger partial charge >= 0.3 is 0 Å². The number of hydrogen-bond donors (Lipinski definition) is 6. The highest BCUT2D eigenvalue weighted by Crippen LogP contribution is 2.47. The number of fused-ring (bicyclic) bond motifs is 1. The van der Waals surface area contributed by atoms with Gasteiger partial charge in [0.1, 0.15) is 13.1 Å². The minimum absolute atomic E-state index is 0.138. The molecule has 0 spiro atoms. The summed E-state index contributed by atoms with van der Waals surface area (Å²) in [5.41, 5.74) is -0.870. The van der Waals surface area contributed by atoms with Gasteiger partial charge in [0, 0.05) is 0 Å². The molecule has 2 aliphatic rings. The number of carbonyl (C=O) groups is 4. The molecule has 48 heavy (non-hydrogen) atoms. The Balaban J connectivity index is 1.70. The molecule has 26 heteroatoms. The molecule has 0 saturated heterocycles. The fraction of sp³-hybridized carbons (Fsp3) is 0.273. The van der Waals surface area contributed by atoms with E-state index in [0.29, 0.717) is 0 Å². The molecule has 0 aromatic carbocycles. The fourth-order valence-corrected chi connectivity index (χ4v) is 9.76. The molecule has 6 N–H and O–H groups in total. The highest BCUT2D eigenvalue weighted by atomic mass is 32.3. The first-order valence-electron chi connectivity index (χ1n) is 12.6. The third kappa shape index (κ3) is 7.82. The average molecular weight is 791 g/mol. The molecule has 0 bridgehead atoms. The van der Waals surface area contributed by atoms with Gasteiger partial charge in [0.2, 0.25) is 21.0 Å². The molecule has 4 rings (SSSR count). The molecule has 0 radical (unpaired) electrons. The fourth-order valence-electron chi connectivity index (χ4n) is 4.56. The Hall–Kier alpha value is -3.60. The van der Waals surface area contributed by atoms with Crippen LogP contribution < -0.4 is 10.6 Å². The largest absolute Gasteiger partial charge is 0.352 e. The normalized spacial score (nSPS) is 16.0. The monoisotopic (exact) mass is 790 g/mol. The van der Waals surface area contributed by atoms with E-state index in [4.69, 9.17) is 18.2 Å². The zero-order valence-corrected chi connectivity index (χ0v) is 28.4. The molecule has 262 valence electrons. The van der Waals surface area contributed by atoms with Gasteiger partial charge < -0.3 is 10.6 Å². The van der Waals surface area contributed by atoms with Crippen LogP contribution in [0.3, 0.4) is 0 Å². The van der Waals surface area contributed by atoms with E-state index in [9.17, 15) is 52.8 Å². The predicted molar refractivity (Wildman–Crippen MR) is 166 cm³/mol. The Morgan fingerprint density at radius 2 is 0.938 bits per heavy atom. The summed E-state index contributed by atoms with van der Waals surface area (Å²) in [7, 11) is -21.6. The van der Waals surface area contributed by atoms with E-state index in [-0.39, 0.29) is 32.3 Å². The van der Waals surface area contributed by atoms with Crippen molar-refractivity contribution in [2.45, 2.75) is 9.16 Å². The molecule has 2 aliphatic heterocycles. The van der Waals surface area contributed by atoms with Crippen LogP contribution in [0.5, 0.6) is 0 Å². The summed E-state index contributed by atoms with van der Waals surface area (Å²) >= 11 is 2.04. The Morgan fingerprint density at radius 1 is 0.625 bits per heavy atom. The number of amides is 4. The van der Waals surface area contributed by atoms with E-state index in [2.05, 4.69) is 0 Å². The molecule has 2 aromatic heterocycles. The highest BCUT2D eigenvalue weighted by molar-refractivity contribution is 8.04. The number of nitrogens with zero attached hydrogens (tertiary/aromatic N) is 2. The van der Waals surface area contributed by atoms with E-state index in [0.717, 1.165) is 32.5 Å². The SMILES string of the molecule is O=C(CN1C(=O)C2=C(c3cccs3)N(CC(=O)NCC(S(=O)(=O)O)S(=O)(=O)O)C(=O)C2=C1c1cccs1)NCC(S(=O)(=O)O)S(=O)(=O)O. The van der Waals surface area contributed by atoms with Crippen LogP contribution in [-0.2, 0) is 59.7 Å². The lowest BCUT2D eigenvalue weighted by Gasteiger charge is -2.24. The Kier molecular flexibility index (Phi) is 10.4. The second kappa shape index (κ2) is 13.4. The van der Waals surface area contributed by atoms with Gasteiger partial charge in [-0.15, -0.1) is 22.7 Å². The van der Waals surface area contributed by atoms with E-state index in [1.165, 1.54) is 24.3 Å². The first-order chi connectivity index (χ1) is 22.0. The molecule has 4 heterocycles. The topological polar surface area (TPSA) is 316 Å². The third-order valence-electron chi connectivity index (χ3n) is 6.55. The molecule has 0 saturated carbocycles. The molecule has 0 atom stereocenters. The maximum Gasteiger partial charge on any atom is 0.286 e. The zero-order valence-electron chi connectivity index (χ0n) is 23.5. The molecule has 0 fully saturated rings. The van der Waals surface area contributed by atoms with Gasteiger partial charge in [-0.3, -0.25) is 47.2 Å². The van der Waals surface area contributed by atoms with Crippen molar-refractivity contribution in [2.75, 3.05) is 26.2 Å². The Labute approximate surface area is 279 Å². The van der Waals surface area contributed by atoms with Crippen LogP contribution in [0.25, 0.3) is 11.4 Å². The van der Waals surface area contributed by atoms with Gasteiger partial charge in [-0.2, -0.15) is 33.7 Å². The summed E-state index contributed by atoms with van der Waals surface area (Å²) in [6.07, 6.45) is 0. The van der Waals surface area contributed by atoms with Crippen LogP contribution in [0.4, 0.5) is 0 Å². The van der Waals surface area contributed by atoms with Crippen molar-refractivity contribution >= 4 is 98.2 Å². The standard InChI is InChI=1S/C22H22N4O16S6/c27-13(23-7-15(45(31,32)33)46(34,35)36)9-25-19(11-3-1-5-43-11)17-18(22(25)30)20(12-4-2-6-44-12)26(21(17)29)10-14(28)24-8-16(47(37,38)39)48(40,41)42/h1-6,15-16H,7-10H2,(H,23,27)(H,24,28)(H,31,32,33)(H,34,35,36)(H,37,38,39)(H,40,41,42). The zero-order chi connectivity index (χ0) is 36.0. The lowest BCUT2D eigenvalue weighted by Crippen LogP contribution is -2.45. The summed E-state index contributed by atoms with van der Waals surface area (Å²) in [6, 6.07) is 6.01. The van der Waals surface area contributed by atoms with Gasteiger partial charge in [0.25, 0.3) is 52.3 Å². The van der Waals surface area contributed by atoms with E-state index < -0.39 is 99.4 Å². The van der Waals surface area contributed by atoms with Crippen molar-refractivity contribution < 1.29 is 71.1 Å². The Bertz CT molecular complexity index is 1950. The summed E-state index contributed by atoms with van der Waals surface area (Å²) in [5, 5.41) is 6.89. The first kappa shape index (κ1) is 37.2. The van der Waals surface area contributed by atoms with Crippen molar-refractivity contribution in [3.8, 4) is 0 Å². The summed E-state index contributed by atoms with van der Waals surface area (Å²) < 4.78 is 122. The minimum atomic E-state index is -5.41. The van der Waals surface area contributed by atoms with Gasteiger partial charge in [0.05, 0.1) is 45.4 Å². The lowest BCUT2D eigenvalue weighted by atomic mass is 10.1. The van der Waals surface area contributed by atoms with E-state index in [1.807, 2.05) is 10.6 Å². The molecule has 2 aromatic rings. The molecule has 0 unspecified atom stereocenters. The van der Waals surface area contributed by atoms with Crippen molar-refractivity contribution in [1.82, 2.24) is 20.4 Å². The van der Waals surface area contributed by atoms with Crippen LogP contribution >= 0.6 is 22.7 Å². The van der Waals surface area contributed by atoms with Crippen molar-refractivity contribution in [1.29, 1.82) is 0 Å². The number of hydrogen-bond acceptors (Lipinski definition) is 14. The van der Waals surface area contributed by atoms with E-state index in [1.54, 1.807) is 10.8 Å². The number of rotatable bonds is 14. The molecular weight excluding hydrogens is 769 g/mol. The molecular formula is C22H22N4O16S6. The molecule has 4 amide bonds. The van der Waals surface area contributed by atoms with Crippen LogP contribution in [0.15, 0.2) is 46.2 Å². The summed E-state index contributed by atoms with van der Waals surface area (Å²) in [5.74, 6) is -4.29. The molecule has 0 aliphatic carbocycles. The van der Waals surface area contributed by atoms with Gasteiger partial charge in [-0.05, 0) is 22.9 Å². The summed E-state index contributed by atoms with van der Waals surface area (Å²) in [6.45, 7) is -4.49. The third-order valence-corrected chi connectivity index (χ3v) is 14.6. The van der Waals surface area contributed by atoms with Crippen molar-refractivity contribution in [3.05, 3.63) is 55.9 Å². The lowest BCUT2D eigenvalue weighted by molar-refractivity contribution is -0.129. The quantitative estimate of drug-likeness (QED) is 0.113. The second-order valence-corrected chi connectivity index (χ2v) is 18.6. The van der Waals surface area contributed by atoms with Gasteiger partial charge in [-0.25, -0.2) is 0 Å².